The second-order valence-electron chi connectivity index (χ2n) is 4.93. The molecule has 0 aliphatic carbocycles. The number of thioether (sulfide) groups is 2. The van der Waals surface area contributed by atoms with Gasteiger partial charge in [-0.2, -0.15) is 0 Å². The van der Waals surface area contributed by atoms with Crippen LogP contribution in [0.3, 0.4) is 0 Å². The van der Waals surface area contributed by atoms with Gasteiger partial charge in [0.1, 0.15) is 5.69 Å². The number of aromatic nitrogens is 2. The highest BCUT2D eigenvalue weighted by Crippen LogP contribution is 2.28. The van der Waals surface area contributed by atoms with E-state index in [9.17, 15) is 4.79 Å². The van der Waals surface area contributed by atoms with Crippen molar-refractivity contribution in [2.75, 3.05) is 0 Å². The normalized spacial score (nSPS) is 10.6. The topological polar surface area (TPSA) is 42.9 Å². The predicted octanol–water partition coefficient (Wildman–Crippen LogP) is 6.01. The molecule has 0 aliphatic heterocycles. The Kier molecular flexibility index (Phi) is 6.37. The van der Waals surface area contributed by atoms with Crippen molar-refractivity contribution >= 4 is 51.8 Å². The summed E-state index contributed by atoms with van der Waals surface area (Å²) in [5.74, 6) is 0.612. The Labute approximate surface area is 164 Å². The summed E-state index contributed by atoms with van der Waals surface area (Å²) in [7, 11) is 0. The maximum Gasteiger partial charge on any atom is 0.244 e. The maximum atomic E-state index is 12.5. The Morgan fingerprint density at radius 3 is 2.44 bits per heavy atom. The fourth-order valence-corrected chi connectivity index (χ4v) is 4.06. The van der Waals surface area contributed by atoms with Crippen molar-refractivity contribution in [2.24, 2.45) is 0 Å². The van der Waals surface area contributed by atoms with Crippen LogP contribution in [-0.4, -0.2) is 15.1 Å². The monoisotopic (exact) mass is 406 g/mol. The number of rotatable bonds is 5. The van der Waals surface area contributed by atoms with Gasteiger partial charge in [-0.05, 0) is 35.5 Å². The first kappa shape index (κ1) is 18.3. The molecule has 0 atom stereocenters. The molecule has 0 amide bonds. The molecule has 3 aromatic rings. The van der Waals surface area contributed by atoms with Crippen LogP contribution in [0.15, 0.2) is 70.8 Å². The summed E-state index contributed by atoms with van der Waals surface area (Å²) in [5.41, 5.74) is 1.20. The zero-order valence-corrected chi connectivity index (χ0v) is 16.0. The van der Waals surface area contributed by atoms with Crippen LogP contribution in [0.4, 0.5) is 0 Å². The van der Waals surface area contributed by atoms with E-state index in [1.54, 1.807) is 0 Å². The zero-order chi connectivity index (χ0) is 17.6. The van der Waals surface area contributed by atoms with Crippen molar-refractivity contribution in [3.63, 3.8) is 0 Å². The van der Waals surface area contributed by atoms with Crippen LogP contribution in [-0.2, 0) is 5.75 Å². The number of halogens is 2. The minimum atomic E-state index is -0.210. The van der Waals surface area contributed by atoms with E-state index in [1.165, 1.54) is 18.0 Å². The van der Waals surface area contributed by atoms with E-state index in [0.29, 0.717) is 15.9 Å². The van der Waals surface area contributed by atoms with Crippen molar-refractivity contribution in [1.29, 1.82) is 0 Å². The lowest BCUT2D eigenvalue weighted by Gasteiger charge is -2.06. The van der Waals surface area contributed by atoms with Crippen LogP contribution >= 0.6 is 46.7 Å². The quantitative estimate of drug-likeness (QED) is 0.383. The second-order valence-corrected chi connectivity index (χ2v) is 7.73. The van der Waals surface area contributed by atoms with E-state index < -0.39 is 0 Å². The van der Waals surface area contributed by atoms with Crippen molar-refractivity contribution in [3.8, 4) is 0 Å². The lowest BCUT2D eigenvalue weighted by atomic mass is 10.2. The first-order valence-electron chi connectivity index (χ1n) is 7.29. The molecular weight excluding hydrogens is 395 g/mol. The van der Waals surface area contributed by atoms with Crippen LogP contribution in [0.25, 0.3) is 0 Å². The van der Waals surface area contributed by atoms with Gasteiger partial charge < -0.3 is 0 Å². The van der Waals surface area contributed by atoms with E-state index in [-0.39, 0.29) is 15.8 Å². The fraction of sp³-hybridized carbons (Fsp3) is 0.0556. The number of carbonyl (C=O) groups excluding carboxylic acids is 1. The summed E-state index contributed by atoms with van der Waals surface area (Å²) in [6.07, 6.45) is 1.46. The molecule has 0 bridgehead atoms. The maximum absolute atomic E-state index is 12.5. The highest BCUT2D eigenvalue weighted by Gasteiger charge is 2.16. The lowest BCUT2D eigenvalue weighted by Crippen LogP contribution is -2.02. The van der Waals surface area contributed by atoms with Gasteiger partial charge in [0.25, 0.3) is 0 Å². The number of carbonyl (C=O) groups is 1. The van der Waals surface area contributed by atoms with Crippen LogP contribution in [0.2, 0.25) is 10.0 Å². The van der Waals surface area contributed by atoms with Crippen molar-refractivity contribution in [3.05, 3.63) is 82.1 Å². The van der Waals surface area contributed by atoms with Gasteiger partial charge >= 0.3 is 0 Å². The highest BCUT2D eigenvalue weighted by atomic mass is 35.5. The van der Waals surface area contributed by atoms with Gasteiger partial charge in [0, 0.05) is 15.7 Å². The molecule has 0 radical (unpaired) electrons. The van der Waals surface area contributed by atoms with E-state index in [4.69, 9.17) is 23.2 Å². The third-order valence-electron chi connectivity index (χ3n) is 3.18. The molecule has 0 unspecified atom stereocenters. The first-order chi connectivity index (χ1) is 12.1. The Hall–Kier alpha value is -1.53. The number of hydrogen-bond donors (Lipinski definition) is 0. The molecule has 0 saturated heterocycles. The minimum Gasteiger partial charge on any atom is -0.279 e. The first-order valence-corrected chi connectivity index (χ1v) is 9.85. The summed E-state index contributed by atoms with van der Waals surface area (Å²) < 4.78 is 0. The Bertz CT molecular complexity index is 891. The van der Waals surface area contributed by atoms with E-state index in [2.05, 4.69) is 9.97 Å². The van der Waals surface area contributed by atoms with E-state index >= 15 is 0 Å². The Balaban J connectivity index is 1.74. The third kappa shape index (κ3) is 4.98. The average Bonchev–Trinajstić information content (AvgIpc) is 2.63. The molecule has 7 heteroatoms. The largest absolute Gasteiger partial charge is 0.279 e. The average molecular weight is 407 g/mol. The molecule has 1 heterocycles. The summed E-state index contributed by atoms with van der Waals surface area (Å²) >= 11 is 14.8. The van der Waals surface area contributed by atoms with Crippen molar-refractivity contribution in [1.82, 2.24) is 9.97 Å². The predicted molar refractivity (Wildman–Crippen MR) is 105 cm³/mol. The van der Waals surface area contributed by atoms with Gasteiger partial charge in [-0.1, -0.05) is 71.4 Å². The molecule has 3 rings (SSSR count). The van der Waals surface area contributed by atoms with Gasteiger partial charge in [0.05, 0.1) is 11.2 Å². The molecule has 3 nitrogen and oxygen atoms in total. The van der Waals surface area contributed by atoms with Crippen LogP contribution in [0, 0.1) is 0 Å². The standard InChI is InChI=1S/C18H12Cl2N2OS2/c19-14-9-5-4-6-12(14)11-24-18-21-10-15(20)16(22-18)17(23)25-13-7-2-1-3-8-13/h1-10H,11H2. The lowest BCUT2D eigenvalue weighted by molar-refractivity contribution is 0.108. The van der Waals surface area contributed by atoms with Gasteiger partial charge in [-0.25, -0.2) is 9.97 Å². The number of benzene rings is 2. The zero-order valence-electron chi connectivity index (χ0n) is 12.9. The van der Waals surface area contributed by atoms with E-state index in [0.717, 1.165) is 22.2 Å². The van der Waals surface area contributed by atoms with Crippen LogP contribution in [0.5, 0.6) is 0 Å². The second kappa shape index (κ2) is 8.72. The highest BCUT2D eigenvalue weighted by molar-refractivity contribution is 8.14. The molecule has 0 spiro atoms. The summed E-state index contributed by atoms with van der Waals surface area (Å²) in [4.78, 5) is 21.8. The van der Waals surface area contributed by atoms with Crippen molar-refractivity contribution < 1.29 is 4.79 Å². The fourth-order valence-electron chi connectivity index (χ4n) is 1.97. The molecule has 0 aliphatic rings. The smallest absolute Gasteiger partial charge is 0.244 e. The number of nitrogens with zero attached hydrogens (tertiary/aromatic N) is 2. The number of hydrogen-bond acceptors (Lipinski definition) is 5. The summed E-state index contributed by atoms with van der Waals surface area (Å²) in [6.45, 7) is 0. The summed E-state index contributed by atoms with van der Waals surface area (Å²) in [6, 6.07) is 17.0. The molecule has 25 heavy (non-hydrogen) atoms. The SMILES string of the molecule is O=C(Sc1ccccc1)c1nc(SCc2ccccc2Cl)ncc1Cl. The molecule has 126 valence electrons. The van der Waals surface area contributed by atoms with Gasteiger partial charge in [-0.15, -0.1) is 0 Å². The van der Waals surface area contributed by atoms with Crippen LogP contribution < -0.4 is 0 Å². The Morgan fingerprint density at radius 1 is 0.960 bits per heavy atom. The molecule has 2 aromatic carbocycles. The molecule has 0 fully saturated rings. The van der Waals surface area contributed by atoms with E-state index in [1.807, 2.05) is 54.6 Å². The molecular formula is C18H12Cl2N2OS2. The third-order valence-corrected chi connectivity index (χ3v) is 5.63. The summed E-state index contributed by atoms with van der Waals surface area (Å²) in [5, 5.41) is 1.22. The molecule has 0 saturated carbocycles. The van der Waals surface area contributed by atoms with Gasteiger partial charge in [0.2, 0.25) is 5.12 Å². The van der Waals surface area contributed by atoms with Crippen LogP contribution in [0.1, 0.15) is 16.1 Å². The molecule has 0 N–H and O–H groups in total. The Morgan fingerprint density at radius 2 is 1.68 bits per heavy atom. The minimum absolute atomic E-state index is 0.210. The van der Waals surface area contributed by atoms with Crippen molar-refractivity contribution in [2.45, 2.75) is 15.8 Å². The van der Waals surface area contributed by atoms with Gasteiger partial charge in [0.15, 0.2) is 5.16 Å². The molecule has 1 aromatic heterocycles. The van der Waals surface area contributed by atoms with Gasteiger partial charge in [-0.3, -0.25) is 4.79 Å².